The number of rotatable bonds is 4. The number of aliphatic hydroxyl groups is 1. The summed E-state index contributed by atoms with van der Waals surface area (Å²) in [6.45, 7) is 9.32. The molecular formula is C11H23NO. The van der Waals surface area contributed by atoms with Crippen molar-refractivity contribution in [3.8, 4) is 0 Å². The molecule has 0 aromatic heterocycles. The minimum Gasteiger partial charge on any atom is -0.396 e. The molecule has 2 N–H and O–H groups in total. The van der Waals surface area contributed by atoms with Crippen molar-refractivity contribution >= 4 is 0 Å². The molecule has 2 nitrogen and oxygen atoms in total. The Labute approximate surface area is 81.7 Å². The van der Waals surface area contributed by atoms with Gasteiger partial charge in [-0.05, 0) is 30.2 Å². The smallest absolute Gasteiger partial charge is 0.0474 e. The third kappa shape index (κ3) is 2.96. The first-order valence-corrected chi connectivity index (χ1v) is 5.40. The molecule has 0 bridgehead atoms. The molecule has 0 spiro atoms. The average molecular weight is 185 g/mol. The Kier molecular flexibility index (Phi) is 3.74. The summed E-state index contributed by atoms with van der Waals surface area (Å²) in [6, 6.07) is 0. The molecule has 1 heterocycles. The van der Waals surface area contributed by atoms with Crippen LogP contribution in [0.5, 0.6) is 0 Å². The van der Waals surface area contributed by atoms with Crippen LogP contribution in [0, 0.1) is 17.3 Å². The van der Waals surface area contributed by atoms with E-state index >= 15 is 0 Å². The van der Waals surface area contributed by atoms with Crippen LogP contribution in [-0.4, -0.2) is 24.8 Å². The van der Waals surface area contributed by atoms with Gasteiger partial charge < -0.3 is 10.4 Å². The zero-order valence-corrected chi connectivity index (χ0v) is 9.14. The molecule has 0 unspecified atom stereocenters. The van der Waals surface area contributed by atoms with Gasteiger partial charge in [0.2, 0.25) is 0 Å². The van der Waals surface area contributed by atoms with Crippen LogP contribution in [0.2, 0.25) is 0 Å². The summed E-state index contributed by atoms with van der Waals surface area (Å²) in [5.74, 6) is 1.17. The van der Waals surface area contributed by atoms with Gasteiger partial charge in [-0.15, -0.1) is 0 Å². The highest BCUT2D eigenvalue weighted by Gasteiger charge is 2.30. The normalized spacial score (nSPS) is 29.5. The number of aliphatic hydroxyl groups excluding tert-OH is 1. The molecule has 2 heteroatoms. The molecule has 1 aliphatic heterocycles. The van der Waals surface area contributed by atoms with Gasteiger partial charge in [0, 0.05) is 13.2 Å². The van der Waals surface area contributed by atoms with Gasteiger partial charge in [0.05, 0.1) is 0 Å². The van der Waals surface area contributed by atoms with Gasteiger partial charge in [0.15, 0.2) is 0 Å². The topological polar surface area (TPSA) is 32.3 Å². The van der Waals surface area contributed by atoms with Crippen molar-refractivity contribution in [3.63, 3.8) is 0 Å². The van der Waals surface area contributed by atoms with Crippen LogP contribution in [0.3, 0.4) is 0 Å². The van der Waals surface area contributed by atoms with Crippen LogP contribution < -0.4 is 5.32 Å². The molecule has 1 aliphatic rings. The molecule has 0 saturated carbocycles. The summed E-state index contributed by atoms with van der Waals surface area (Å²) >= 11 is 0. The molecule has 0 aromatic carbocycles. The summed E-state index contributed by atoms with van der Waals surface area (Å²) in [5.41, 5.74) is 0.435. The zero-order chi connectivity index (χ0) is 9.90. The summed E-state index contributed by atoms with van der Waals surface area (Å²) < 4.78 is 0. The van der Waals surface area contributed by atoms with Crippen molar-refractivity contribution in [3.05, 3.63) is 0 Å². The highest BCUT2D eigenvalue weighted by molar-refractivity contribution is 4.84. The molecule has 0 aromatic rings. The second-order valence-electron chi connectivity index (χ2n) is 5.08. The van der Waals surface area contributed by atoms with Gasteiger partial charge in [0.1, 0.15) is 0 Å². The van der Waals surface area contributed by atoms with Gasteiger partial charge in [-0.2, -0.15) is 0 Å². The quantitative estimate of drug-likeness (QED) is 0.698. The monoisotopic (exact) mass is 185 g/mol. The van der Waals surface area contributed by atoms with Crippen LogP contribution in [0.1, 0.15) is 33.6 Å². The lowest BCUT2D eigenvalue weighted by molar-refractivity contribution is 0.166. The van der Waals surface area contributed by atoms with Crippen molar-refractivity contribution in [2.24, 2.45) is 17.3 Å². The highest BCUT2D eigenvalue weighted by Crippen LogP contribution is 2.33. The van der Waals surface area contributed by atoms with Crippen LogP contribution in [0.4, 0.5) is 0 Å². The molecule has 1 fully saturated rings. The van der Waals surface area contributed by atoms with Gasteiger partial charge in [-0.25, -0.2) is 0 Å². The zero-order valence-electron chi connectivity index (χ0n) is 9.14. The Morgan fingerprint density at radius 1 is 1.31 bits per heavy atom. The maximum absolute atomic E-state index is 9.17. The SMILES string of the molecule is CCC(C)(C)C[C@@H]1CNC[C@H]1CO. The van der Waals surface area contributed by atoms with E-state index in [1.165, 1.54) is 12.8 Å². The van der Waals surface area contributed by atoms with Crippen LogP contribution >= 0.6 is 0 Å². The molecule has 78 valence electrons. The predicted octanol–water partition coefficient (Wildman–Crippen LogP) is 1.64. The largest absolute Gasteiger partial charge is 0.396 e. The van der Waals surface area contributed by atoms with E-state index in [9.17, 15) is 0 Å². The second kappa shape index (κ2) is 4.43. The molecule has 1 saturated heterocycles. The minimum atomic E-state index is 0.345. The summed E-state index contributed by atoms with van der Waals surface area (Å²) in [6.07, 6.45) is 2.46. The lowest BCUT2D eigenvalue weighted by Crippen LogP contribution is -2.23. The molecular weight excluding hydrogens is 162 g/mol. The first-order valence-electron chi connectivity index (χ1n) is 5.40. The van der Waals surface area contributed by atoms with Crippen molar-refractivity contribution in [1.82, 2.24) is 5.32 Å². The molecule has 1 rings (SSSR count). The van der Waals surface area contributed by atoms with E-state index in [0.29, 0.717) is 23.9 Å². The first kappa shape index (κ1) is 11.0. The van der Waals surface area contributed by atoms with Crippen LogP contribution in [-0.2, 0) is 0 Å². The van der Waals surface area contributed by atoms with Crippen LogP contribution in [0.15, 0.2) is 0 Å². The number of hydrogen-bond acceptors (Lipinski definition) is 2. The Bertz CT molecular complexity index is 156. The fourth-order valence-corrected chi connectivity index (χ4v) is 2.09. The predicted molar refractivity (Wildman–Crippen MR) is 55.6 cm³/mol. The summed E-state index contributed by atoms with van der Waals surface area (Å²) in [4.78, 5) is 0. The lowest BCUT2D eigenvalue weighted by atomic mass is 9.77. The maximum atomic E-state index is 9.17. The Morgan fingerprint density at radius 3 is 2.46 bits per heavy atom. The lowest BCUT2D eigenvalue weighted by Gasteiger charge is -2.28. The summed E-state index contributed by atoms with van der Waals surface area (Å²) in [7, 11) is 0. The number of hydrogen-bond donors (Lipinski definition) is 2. The molecule has 0 radical (unpaired) electrons. The number of nitrogens with one attached hydrogen (secondary N) is 1. The van der Waals surface area contributed by atoms with Gasteiger partial charge >= 0.3 is 0 Å². The molecule has 13 heavy (non-hydrogen) atoms. The van der Waals surface area contributed by atoms with Crippen molar-refractivity contribution in [1.29, 1.82) is 0 Å². The third-order valence-electron chi connectivity index (χ3n) is 3.49. The Hall–Kier alpha value is -0.0800. The highest BCUT2D eigenvalue weighted by atomic mass is 16.3. The molecule has 2 atom stereocenters. The van der Waals surface area contributed by atoms with Gasteiger partial charge in [-0.3, -0.25) is 0 Å². The average Bonchev–Trinajstić information content (AvgIpc) is 2.51. The van der Waals surface area contributed by atoms with E-state index < -0.39 is 0 Å². The maximum Gasteiger partial charge on any atom is 0.0474 e. The van der Waals surface area contributed by atoms with E-state index in [2.05, 4.69) is 26.1 Å². The Balaban J connectivity index is 2.43. The summed E-state index contributed by atoms with van der Waals surface area (Å²) in [5, 5.41) is 12.5. The van der Waals surface area contributed by atoms with E-state index in [0.717, 1.165) is 13.1 Å². The molecule has 0 aliphatic carbocycles. The third-order valence-corrected chi connectivity index (χ3v) is 3.49. The van der Waals surface area contributed by atoms with Crippen molar-refractivity contribution in [2.75, 3.05) is 19.7 Å². The first-order chi connectivity index (χ1) is 6.09. The van der Waals surface area contributed by atoms with E-state index in [1.807, 2.05) is 0 Å². The van der Waals surface area contributed by atoms with E-state index in [4.69, 9.17) is 5.11 Å². The van der Waals surface area contributed by atoms with E-state index in [-0.39, 0.29) is 0 Å². The molecule has 0 amide bonds. The van der Waals surface area contributed by atoms with E-state index in [1.54, 1.807) is 0 Å². The van der Waals surface area contributed by atoms with Gasteiger partial charge in [-0.1, -0.05) is 27.2 Å². The minimum absolute atomic E-state index is 0.345. The van der Waals surface area contributed by atoms with Crippen molar-refractivity contribution < 1.29 is 5.11 Å². The van der Waals surface area contributed by atoms with Gasteiger partial charge in [0.25, 0.3) is 0 Å². The van der Waals surface area contributed by atoms with Crippen molar-refractivity contribution in [2.45, 2.75) is 33.6 Å². The Morgan fingerprint density at radius 2 is 1.92 bits per heavy atom. The van der Waals surface area contributed by atoms with Crippen LogP contribution in [0.25, 0.3) is 0 Å². The fraction of sp³-hybridized carbons (Fsp3) is 1.00. The second-order valence-corrected chi connectivity index (χ2v) is 5.08. The standard InChI is InChI=1S/C11H23NO/c1-4-11(2,3)5-9-6-12-7-10(9)8-13/h9-10,12-13H,4-8H2,1-3H3/t9-,10+/m1/s1. The fourth-order valence-electron chi connectivity index (χ4n) is 2.09.